The van der Waals surface area contributed by atoms with Crippen molar-refractivity contribution in [2.24, 2.45) is 0 Å². The number of furan rings is 1. The third kappa shape index (κ3) is 3.07. The van der Waals surface area contributed by atoms with Crippen molar-refractivity contribution in [3.05, 3.63) is 54.0 Å². The first-order valence-corrected chi connectivity index (χ1v) is 5.07. The second-order valence-corrected chi connectivity index (χ2v) is 3.38. The van der Waals surface area contributed by atoms with Gasteiger partial charge in [-0.25, -0.2) is 9.18 Å². The Kier molecular flexibility index (Phi) is 3.40. The third-order valence-corrected chi connectivity index (χ3v) is 2.16. The number of benzene rings is 1. The quantitative estimate of drug-likeness (QED) is 0.857. The summed E-state index contributed by atoms with van der Waals surface area (Å²) >= 11 is 0. The van der Waals surface area contributed by atoms with Crippen molar-refractivity contribution in [3.8, 4) is 0 Å². The van der Waals surface area contributed by atoms with Gasteiger partial charge in [-0.05, 0) is 12.1 Å². The first-order chi connectivity index (χ1) is 8.25. The zero-order valence-electron chi connectivity index (χ0n) is 8.94. The Morgan fingerprint density at radius 2 is 2.06 bits per heavy atom. The minimum atomic E-state index is -0.441. The minimum absolute atomic E-state index is 0.124. The summed E-state index contributed by atoms with van der Waals surface area (Å²) in [5.41, 5.74) is 0.432. The highest BCUT2D eigenvalue weighted by molar-refractivity contribution is 5.87. The van der Waals surface area contributed by atoms with E-state index in [1.165, 1.54) is 12.3 Å². The summed E-state index contributed by atoms with van der Waals surface area (Å²) in [6.45, 7) is 0.124. The summed E-state index contributed by atoms with van der Waals surface area (Å²) in [7, 11) is 0. The molecule has 0 saturated carbocycles. The number of carbonyl (C=O) groups is 1. The molecular formula is C12H11FN2O2. The van der Waals surface area contributed by atoms with E-state index in [1.54, 1.807) is 30.3 Å². The first kappa shape index (κ1) is 11.2. The van der Waals surface area contributed by atoms with Gasteiger partial charge in [0, 0.05) is 18.2 Å². The normalized spacial score (nSPS) is 9.94. The maximum absolute atomic E-state index is 13.2. The van der Waals surface area contributed by atoms with E-state index in [2.05, 4.69) is 10.6 Å². The van der Waals surface area contributed by atoms with Crippen LogP contribution in [0, 0.1) is 5.82 Å². The molecule has 88 valence electrons. The van der Waals surface area contributed by atoms with Gasteiger partial charge in [-0.3, -0.25) is 5.32 Å². The number of hydrogen-bond donors (Lipinski definition) is 2. The lowest BCUT2D eigenvalue weighted by molar-refractivity contribution is 0.251. The summed E-state index contributed by atoms with van der Waals surface area (Å²) < 4.78 is 18.2. The lowest BCUT2D eigenvalue weighted by atomic mass is 10.2. The fourth-order valence-electron chi connectivity index (χ4n) is 1.32. The fraction of sp³-hybridized carbons (Fsp3) is 0.0833. The molecule has 1 aromatic carbocycles. The standard InChI is InChI=1S/C12H11FN2O2/c13-10-5-2-1-4-9(10)8-14-12(16)15-11-6-3-7-17-11/h1-7H,8H2,(H2,14,15,16). The van der Waals surface area contributed by atoms with Crippen molar-refractivity contribution in [1.82, 2.24) is 5.32 Å². The predicted octanol–water partition coefficient (Wildman–Crippen LogP) is 2.74. The van der Waals surface area contributed by atoms with Gasteiger partial charge in [0.1, 0.15) is 5.82 Å². The minimum Gasteiger partial charge on any atom is -0.449 e. The van der Waals surface area contributed by atoms with Gasteiger partial charge in [-0.15, -0.1) is 0 Å². The zero-order valence-corrected chi connectivity index (χ0v) is 8.94. The van der Waals surface area contributed by atoms with Crippen LogP contribution in [0.3, 0.4) is 0 Å². The monoisotopic (exact) mass is 234 g/mol. The molecule has 1 heterocycles. The highest BCUT2D eigenvalue weighted by atomic mass is 19.1. The van der Waals surface area contributed by atoms with Crippen LogP contribution in [0.5, 0.6) is 0 Å². The van der Waals surface area contributed by atoms with Crippen LogP contribution in [0.1, 0.15) is 5.56 Å². The van der Waals surface area contributed by atoms with Gasteiger partial charge >= 0.3 is 6.03 Å². The lowest BCUT2D eigenvalue weighted by Gasteiger charge is -2.06. The van der Waals surface area contributed by atoms with Gasteiger partial charge in [-0.1, -0.05) is 18.2 Å². The van der Waals surface area contributed by atoms with Gasteiger partial charge in [0.25, 0.3) is 0 Å². The van der Waals surface area contributed by atoms with Crippen LogP contribution in [0.2, 0.25) is 0 Å². The summed E-state index contributed by atoms with van der Waals surface area (Å²) in [6.07, 6.45) is 1.45. The number of nitrogens with one attached hydrogen (secondary N) is 2. The van der Waals surface area contributed by atoms with E-state index in [1.807, 2.05) is 0 Å². The molecule has 0 aliphatic carbocycles. The maximum atomic E-state index is 13.2. The summed E-state index contributed by atoms with van der Waals surface area (Å²) in [6, 6.07) is 9.11. The maximum Gasteiger partial charge on any atom is 0.321 e. The number of carbonyl (C=O) groups excluding carboxylic acids is 1. The topological polar surface area (TPSA) is 54.3 Å². The molecule has 0 radical (unpaired) electrons. The number of rotatable bonds is 3. The molecule has 0 aliphatic heterocycles. The largest absolute Gasteiger partial charge is 0.449 e. The molecule has 0 bridgehead atoms. The van der Waals surface area contributed by atoms with Crippen molar-refractivity contribution in [2.75, 3.05) is 5.32 Å². The third-order valence-electron chi connectivity index (χ3n) is 2.16. The molecule has 2 amide bonds. The number of amides is 2. The Balaban J connectivity index is 1.86. The molecule has 0 saturated heterocycles. The van der Waals surface area contributed by atoms with Crippen LogP contribution < -0.4 is 10.6 Å². The van der Waals surface area contributed by atoms with Crippen molar-refractivity contribution in [2.45, 2.75) is 6.54 Å². The van der Waals surface area contributed by atoms with E-state index in [4.69, 9.17) is 4.42 Å². The predicted molar refractivity (Wildman–Crippen MR) is 61.0 cm³/mol. The van der Waals surface area contributed by atoms with Gasteiger partial charge in [0.05, 0.1) is 6.26 Å². The van der Waals surface area contributed by atoms with Crippen LogP contribution in [0.4, 0.5) is 15.1 Å². The molecule has 1 aromatic heterocycles. The van der Waals surface area contributed by atoms with Crippen LogP contribution in [-0.2, 0) is 6.54 Å². The van der Waals surface area contributed by atoms with E-state index in [9.17, 15) is 9.18 Å². The van der Waals surface area contributed by atoms with E-state index < -0.39 is 6.03 Å². The van der Waals surface area contributed by atoms with Crippen LogP contribution in [-0.4, -0.2) is 6.03 Å². The van der Waals surface area contributed by atoms with Gasteiger partial charge in [0.15, 0.2) is 0 Å². The molecule has 0 aliphatic rings. The second-order valence-electron chi connectivity index (χ2n) is 3.38. The molecule has 2 rings (SSSR count). The lowest BCUT2D eigenvalue weighted by Crippen LogP contribution is -2.28. The highest BCUT2D eigenvalue weighted by Gasteiger charge is 2.05. The van der Waals surface area contributed by atoms with Crippen LogP contribution in [0.15, 0.2) is 47.1 Å². The average Bonchev–Trinajstić information content (AvgIpc) is 2.81. The Morgan fingerprint density at radius 3 is 2.76 bits per heavy atom. The molecule has 17 heavy (non-hydrogen) atoms. The zero-order chi connectivity index (χ0) is 12.1. The van der Waals surface area contributed by atoms with Gasteiger partial charge < -0.3 is 9.73 Å². The number of anilines is 1. The first-order valence-electron chi connectivity index (χ1n) is 5.07. The van der Waals surface area contributed by atoms with Crippen molar-refractivity contribution < 1.29 is 13.6 Å². The van der Waals surface area contributed by atoms with E-state index >= 15 is 0 Å². The molecule has 0 fully saturated rings. The molecule has 0 unspecified atom stereocenters. The summed E-state index contributed by atoms with van der Waals surface area (Å²) in [5, 5.41) is 5.00. The molecule has 2 N–H and O–H groups in total. The van der Waals surface area contributed by atoms with E-state index in [0.717, 1.165) is 0 Å². The molecule has 4 nitrogen and oxygen atoms in total. The van der Waals surface area contributed by atoms with Crippen molar-refractivity contribution >= 4 is 11.9 Å². The number of urea groups is 1. The molecule has 5 heteroatoms. The van der Waals surface area contributed by atoms with Crippen LogP contribution >= 0.6 is 0 Å². The van der Waals surface area contributed by atoms with Crippen LogP contribution in [0.25, 0.3) is 0 Å². The molecule has 2 aromatic rings. The highest BCUT2D eigenvalue weighted by Crippen LogP contribution is 2.07. The van der Waals surface area contributed by atoms with E-state index in [0.29, 0.717) is 11.4 Å². The Bertz CT molecular complexity index is 497. The summed E-state index contributed by atoms with van der Waals surface area (Å²) in [4.78, 5) is 11.4. The summed E-state index contributed by atoms with van der Waals surface area (Å²) in [5.74, 6) is 0.00170. The van der Waals surface area contributed by atoms with Crippen molar-refractivity contribution in [3.63, 3.8) is 0 Å². The van der Waals surface area contributed by atoms with Crippen molar-refractivity contribution in [1.29, 1.82) is 0 Å². The SMILES string of the molecule is O=C(NCc1ccccc1F)Nc1ccco1. The fourth-order valence-corrected chi connectivity index (χ4v) is 1.32. The Morgan fingerprint density at radius 1 is 1.24 bits per heavy atom. The average molecular weight is 234 g/mol. The number of hydrogen-bond acceptors (Lipinski definition) is 2. The Labute approximate surface area is 97.4 Å². The molecule has 0 atom stereocenters. The van der Waals surface area contributed by atoms with Gasteiger partial charge in [0.2, 0.25) is 5.88 Å². The molecular weight excluding hydrogens is 223 g/mol. The second kappa shape index (κ2) is 5.16. The number of halogens is 1. The van der Waals surface area contributed by atoms with E-state index in [-0.39, 0.29) is 12.4 Å². The Hall–Kier alpha value is -2.30. The van der Waals surface area contributed by atoms with Gasteiger partial charge in [-0.2, -0.15) is 0 Å². The molecule has 0 spiro atoms. The smallest absolute Gasteiger partial charge is 0.321 e.